The van der Waals surface area contributed by atoms with Gasteiger partial charge in [0.15, 0.2) is 0 Å². The average Bonchev–Trinajstić information content (AvgIpc) is 2.67. The molecule has 0 aliphatic heterocycles. The molecule has 0 aliphatic carbocycles. The number of halogens is 1. The number of hydrogen-bond acceptors (Lipinski definition) is 4. The lowest BCUT2D eigenvalue weighted by atomic mass is 9.89. The molecule has 0 bridgehead atoms. The van der Waals surface area contributed by atoms with Gasteiger partial charge in [-0.15, -0.1) is 0 Å². The molecule has 3 rings (SSSR count). The maximum absolute atomic E-state index is 9.82. The minimum absolute atomic E-state index is 0.208. The van der Waals surface area contributed by atoms with Gasteiger partial charge < -0.3 is 10.5 Å². The number of aryl methyl sites for hydroxylation is 1. The quantitative estimate of drug-likeness (QED) is 0.553. The second-order valence-corrected chi connectivity index (χ2v) is 6.84. The molecule has 2 N–H and O–H groups in total. The molecule has 0 saturated heterocycles. The summed E-state index contributed by atoms with van der Waals surface area (Å²) in [5.74, 6) is 0.858. The molecule has 5 heteroatoms. The fourth-order valence-corrected chi connectivity index (χ4v) is 3.40. The van der Waals surface area contributed by atoms with Crippen LogP contribution in [0.4, 0.5) is 5.82 Å². The van der Waals surface area contributed by atoms with E-state index in [4.69, 9.17) is 10.5 Å². The summed E-state index contributed by atoms with van der Waals surface area (Å²) in [4.78, 5) is 4.41. The van der Waals surface area contributed by atoms with Crippen molar-refractivity contribution in [2.45, 2.75) is 6.92 Å². The van der Waals surface area contributed by atoms with Gasteiger partial charge in [-0.1, -0.05) is 58.9 Å². The summed E-state index contributed by atoms with van der Waals surface area (Å²) < 4.78 is 6.73. The molecule has 2 aromatic carbocycles. The summed E-state index contributed by atoms with van der Waals surface area (Å²) in [6, 6.07) is 17.8. The number of anilines is 1. The first-order valence-corrected chi connectivity index (χ1v) is 9.15. The Hall–Kier alpha value is -3.10. The molecule has 0 radical (unpaired) electrons. The average molecular weight is 420 g/mol. The summed E-state index contributed by atoms with van der Waals surface area (Å²) in [5, 5.41) is 9.82. The second-order valence-electron chi connectivity index (χ2n) is 5.93. The van der Waals surface area contributed by atoms with Gasteiger partial charge in [-0.3, -0.25) is 0 Å². The van der Waals surface area contributed by atoms with Crippen molar-refractivity contribution >= 4 is 21.7 Å². The number of rotatable bonds is 5. The van der Waals surface area contributed by atoms with Crippen LogP contribution in [-0.2, 0) is 0 Å². The third-order valence-electron chi connectivity index (χ3n) is 4.15. The Morgan fingerprint density at radius 2 is 1.96 bits per heavy atom. The molecule has 0 unspecified atom stereocenters. The van der Waals surface area contributed by atoms with Crippen molar-refractivity contribution < 1.29 is 4.74 Å². The fraction of sp³-hybridized carbons (Fsp3) is 0.0909. The van der Waals surface area contributed by atoms with Gasteiger partial charge in [0.25, 0.3) is 0 Å². The number of pyridine rings is 1. The lowest BCUT2D eigenvalue weighted by Gasteiger charge is -2.19. The van der Waals surface area contributed by atoms with Gasteiger partial charge in [0, 0.05) is 26.9 Å². The second kappa shape index (κ2) is 8.07. The lowest BCUT2D eigenvalue weighted by Crippen LogP contribution is -2.04. The van der Waals surface area contributed by atoms with Crippen LogP contribution in [0, 0.1) is 18.3 Å². The summed E-state index contributed by atoms with van der Waals surface area (Å²) in [5.41, 5.74) is 10.5. The third kappa shape index (κ3) is 3.71. The van der Waals surface area contributed by atoms with E-state index in [0.717, 1.165) is 26.9 Å². The predicted molar refractivity (Wildman–Crippen MR) is 112 cm³/mol. The van der Waals surface area contributed by atoms with E-state index in [9.17, 15) is 5.26 Å². The van der Waals surface area contributed by atoms with Crippen LogP contribution in [0.5, 0.6) is 5.75 Å². The van der Waals surface area contributed by atoms with Crippen molar-refractivity contribution in [3.8, 4) is 34.1 Å². The standard InChI is InChI=1S/C22H18BrN3O/c1-3-11-27-19-10-9-16(23)12-17(19)21-18(13-24)22(25)26-14(2)20(21)15-7-5-4-6-8-15/h3-10,12H,1,11H2,2H3,(H2,25,26). The SMILES string of the molecule is C=CCOc1ccc(Br)cc1-c1c(C#N)c(N)nc(C)c1-c1ccccc1. The molecule has 4 nitrogen and oxygen atoms in total. The summed E-state index contributed by atoms with van der Waals surface area (Å²) in [6.45, 7) is 5.96. The van der Waals surface area contributed by atoms with E-state index < -0.39 is 0 Å². The molecule has 0 amide bonds. The third-order valence-corrected chi connectivity index (χ3v) is 4.64. The van der Waals surface area contributed by atoms with Crippen LogP contribution in [0.25, 0.3) is 22.3 Å². The van der Waals surface area contributed by atoms with Gasteiger partial charge in [0.1, 0.15) is 29.8 Å². The Balaban J connectivity index is 2.41. The van der Waals surface area contributed by atoms with E-state index in [2.05, 4.69) is 33.6 Å². The maximum atomic E-state index is 9.82. The van der Waals surface area contributed by atoms with Crippen molar-refractivity contribution in [2.24, 2.45) is 0 Å². The number of nitrogen functional groups attached to an aromatic ring is 1. The molecule has 134 valence electrons. The van der Waals surface area contributed by atoms with Gasteiger partial charge in [-0.05, 0) is 30.7 Å². The van der Waals surface area contributed by atoms with Crippen LogP contribution in [0.15, 0.2) is 65.7 Å². The molecule has 0 fully saturated rings. The zero-order valence-electron chi connectivity index (χ0n) is 14.9. The van der Waals surface area contributed by atoms with E-state index in [1.54, 1.807) is 6.08 Å². The number of nitriles is 1. The molecule has 0 spiro atoms. The minimum Gasteiger partial charge on any atom is -0.489 e. The molecule has 3 aromatic rings. The molecule has 0 saturated carbocycles. The molecular weight excluding hydrogens is 402 g/mol. The summed E-state index contributed by atoms with van der Waals surface area (Å²) >= 11 is 3.52. The largest absolute Gasteiger partial charge is 0.489 e. The number of aromatic nitrogens is 1. The maximum Gasteiger partial charge on any atom is 0.142 e. The Kier molecular flexibility index (Phi) is 5.58. The zero-order valence-corrected chi connectivity index (χ0v) is 16.5. The summed E-state index contributed by atoms with van der Waals surface area (Å²) in [6.07, 6.45) is 1.68. The fourth-order valence-electron chi connectivity index (χ4n) is 3.04. The van der Waals surface area contributed by atoms with Crippen molar-refractivity contribution in [1.29, 1.82) is 5.26 Å². The Bertz CT molecular complexity index is 1040. The molecule has 1 heterocycles. The normalized spacial score (nSPS) is 10.3. The number of ether oxygens (including phenoxy) is 1. The van der Waals surface area contributed by atoms with Gasteiger partial charge in [-0.2, -0.15) is 5.26 Å². The molecule has 27 heavy (non-hydrogen) atoms. The first-order chi connectivity index (χ1) is 13.1. The summed E-state index contributed by atoms with van der Waals surface area (Å²) in [7, 11) is 0. The van der Waals surface area contributed by atoms with Gasteiger partial charge >= 0.3 is 0 Å². The van der Waals surface area contributed by atoms with Crippen LogP contribution in [-0.4, -0.2) is 11.6 Å². The highest BCUT2D eigenvalue weighted by Gasteiger charge is 2.22. The van der Waals surface area contributed by atoms with E-state index in [1.807, 2.05) is 55.5 Å². The number of hydrogen-bond donors (Lipinski definition) is 1. The topological polar surface area (TPSA) is 71.9 Å². The van der Waals surface area contributed by atoms with Crippen molar-refractivity contribution in [3.63, 3.8) is 0 Å². The highest BCUT2D eigenvalue weighted by molar-refractivity contribution is 9.10. The van der Waals surface area contributed by atoms with Gasteiger partial charge in [0.05, 0.1) is 0 Å². The van der Waals surface area contributed by atoms with E-state index in [-0.39, 0.29) is 5.82 Å². The highest BCUT2D eigenvalue weighted by Crippen LogP contribution is 2.43. The first kappa shape index (κ1) is 18.7. The monoisotopic (exact) mass is 419 g/mol. The molecule has 1 aromatic heterocycles. The van der Waals surface area contributed by atoms with Crippen LogP contribution >= 0.6 is 15.9 Å². The van der Waals surface area contributed by atoms with E-state index in [1.165, 1.54) is 0 Å². The molecular formula is C22H18BrN3O. The van der Waals surface area contributed by atoms with Crippen LogP contribution in [0.3, 0.4) is 0 Å². The van der Waals surface area contributed by atoms with Crippen molar-refractivity contribution in [1.82, 2.24) is 4.98 Å². The van der Waals surface area contributed by atoms with Crippen LogP contribution in [0.1, 0.15) is 11.3 Å². The highest BCUT2D eigenvalue weighted by atomic mass is 79.9. The van der Waals surface area contributed by atoms with Crippen LogP contribution < -0.4 is 10.5 Å². The number of nitrogens with zero attached hydrogens (tertiary/aromatic N) is 2. The van der Waals surface area contributed by atoms with Gasteiger partial charge in [0.2, 0.25) is 0 Å². The number of benzene rings is 2. The Morgan fingerprint density at radius 3 is 2.63 bits per heavy atom. The number of nitrogens with two attached hydrogens (primary N) is 1. The predicted octanol–water partition coefficient (Wildman–Crippen LogP) is 5.51. The van der Waals surface area contributed by atoms with Crippen molar-refractivity contribution in [3.05, 3.63) is 76.9 Å². The Labute approximate surface area is 167 Å². The molecule has 0 aliphatic rings. The minimum atomic E-state index is 0.208. The van der Waals surface area contributed by atoms with Crippen molar-refractivity contribution in [2.75, 3.05) is 12.3 Å². The van der Waals surface area contributed by atoms with Crippen LogP contribution in [0.2, 0.25) is 0 Å². The van der Waals surface area contributed by atoms with E-state index >= 15 is 0 Å². The first-order valence-electron chi connectivity index (χ1n) is 8.36. The van der Waals surface area contributed by atoms with Gasteiger partial charge in [-0.25, -0.2) is 4.98 Å². The Morgan fingerprint density at radius 1 is 1.22 bits per heavy atom. The molecule has 0 atom stereocenters. The zero-order chi connectivity index (χ0) is 19.4. The lowest BCUT2D eigenvalue weighted by molar-refractivity contribution is 0.364. The smallest absolute Gasteiger partial charge is 0.142 e. The van der Waals surface area contributed by atoms with E-state index in [0.29, 0.717) is 23.5 Å².